The summed E-state index contributed by atoms with van der Waals surface area (Å²) in [5.74, 6) is -0.505. The number of nitrogens with zero attached hydrogens (tertiary/aromatic N) is 2. The summed E-state index contributed by atoms with van der Waals surface area (Å²) in [5, 5.41) is 10.6. The normalized spacial score (nSPS) is 16.2. The Bertz CT molecular complexity index is 880. The van der Waals surface area contributed by atoms with Crippen LogP contribution in [0.5, 0.6) is 11.5 Å². The predicted octanol–water partition coefficient (Wildman–Crippen LogP) is 1.25. The lowest BCUT2D eigenvalue weighted by Gasteiger charge is -2.11. The molecule has 29 heavy (non-hydrogen) atoms. The summed E-state index contributed by atoms with van der Waals surface area (Å²) in [5.41, 5.74) is 0.679. The highest BCUT2D eigenvalue weighted by molar-refractivity contribution is 8.18. The zero-order valence-corrected chi connectivity index (χ0v) is 16.8. The molecule has 0 unspecified atom stereocenters. The molecule has 1 saturated heterocycles. The highest BCUT2D eigenvalue weighted by atomic mass is 32.2. The summed E-state index contributed by atoms with van der Waals surface area (Å²) in [6.07, 6.45) is 2.55. The number of hydrogen-bond acceptors (Lipinski definition) is 10. The third-order valence-electron chi connectivity index (χ3n) is 3.29. The number of carbonyl (C=O) groups is 3. The van der Waals surface area contributed by atoms with E-state index in [1.807, 2.05) is 0 Å². The monoisotopic (exact) mass is 421 g/mol. The second-order valence-electron chi connectivity index (χ2n) is 5.34. The molecule has 1 N–H and O–H groups in total. The number of carbonyl (C=O) groups excluding carboxylic acids is 3. The molecular formula is C18H19N3O7S. The van der Waals surface area contributed by atoms with Crippen LogP contribution in [-0.2, 0) is 23.9 Å². The van der Waals surface area contributed by atoms with Crippen LogP contribution in [0.2, 0.25) is 0 Å². The lowest BCUT2D eigenvalue weighted by Crippen LogP contribution is -2.19. The number of hydrogen-bond donors (Lipinski definition) is 1. The molecule has 1 aromatic carbocycles. The van der Waals surface area contributed by atoms with Crippen molar-refractivity contribution in [3.63, 3.8) is 0 Å². The number of methoxy groups -OCH3 is 2. The van der Waals surface area contributed by atoms with Gasteiger partial charge in [-0.2, -0.15) is 5.10 Å². The third-order valence-corrected chi connectivity index (χ3v) is 4.19. The van der Waals surface area contributed by atoms with Crippen LogP contribution >= 0.6 is 11.8 Å². The van der Waals surface area contributed by atoms with E-state index in [0.717, 1.165) is 17.8 Å². The van der Waals surface area contributed by atoms with Gasteiger partial charge in [-0.25, -0.2) is 4.79 Å². The molecule has 1 heterocycles. The van der Waals surface area contributed by atoms with Gasteiger partial charge in [0.25, 0.3) is 5.91 Å². The highest BCUT2D eigenvalue weighted by Crippen LogP contribution is 2.27. The number of benzene rings is 1. The van der Waals surface area contributed by atoms with Crippen molar-refractivity contribution in [3.05, 3.63) is 34.7 Å². The zero-order chi connectivity index (χ0) is 21.2. The van der Waals surface area contributed by atoms with E-state index in [0.29, 0.717) is 17.1 Å². The summed E-state index contributed by atoms with van der Waals surface area (Å²) >= 11 is 0.976. The number of rotatable bonds is 8. The second-order valence-corrected chi connectivity index (χ2v) is 6.37. The molecule has 0 radical (unpaired) electrons. The van der Waals surface area contributed by atoms with Gasteiger partial charge in [-0.1, -0.05) is 0 Å². The third kappa shape index (κ3) is 6.96. The predicted molar refractivity (Wildman–Crippen MR) is 106 cm³/mol. The average molecular weight is 421 g/mol. The van der Waals surface area contributed by atoms with Gasteiger partial charge in [0.1, 0.15) is 13.2 Å². The van der Waals surface area contributed by atoms with Crippen molar-refractivity contribution in [2.24, 2.45) is 10.2 Å². The van der Waals surface area contributed by atoms with E-state index in [1.165, 1.54) is 27.4 Å². The molecule has 0 saturated carbocycles. The van der Waals surface area contributed by atoms with Crippen molar-refractivity contribution in [2.75, 3.05) is 27.4 Å². The highest BCUT2D eigenvalue weighted by Gasteiger charge is 2.25. The summed E-state index contributed by atoms with van der Waals surface area (Å²) in [7, 11) is 2.72. The molecule has 1 aliphatic heterocycles. The van der Waals surface area contributed by atoms with Gasteiger partial charge in [0.15, 0.2) is 16.7 Å². The molecule has 2 rings (SSSR count). The van der Waals surface area contributed by atoms with Crippen molar-refractivity contribution >= 4 is 41.0 Å². The largest absolute Gasteiger partial charge is 0.493 e. The summed E-state index contributed by atoms with van der Waals surface area (Å²) in [6.45, 7) is 1.65. The summed E-state index contributed by atoms with van der Waals surface area (Å²) in [6, 6.07) is 5.11. The fraction of sp³-hybridized carbons (Fsp3) is 0.278. The molecule has 1 aromatic rings. The topological polar surface area (TPSA) is 125 Å². The minimum absolute atomic E-state index is 0.134. The van der Waals surface area contributed by atoms with E-state index in [4.69, 9.17) is 14.2 Å². The van der Waals surface area contributed by atoms with Crippen molar-refractivity contribution < 1.29 is 33.3 Å². The molecule has 154 valence electrons. The molecule has 10 nitrogen and oxygen atoms in total. The smallest absolute Gasteiger partial charge is 0.331 e. The summed E-state index contributed by atoms with van der Waals surface area (Å²) in [4.78, 5) is 33.9. The number of thioether (sulfide) groups is 1. The van der Waals surface area contributed by atoms with Crippen molar-refractivity contribution in [3.8, 4) is 11.5 Å². The minimum atomic E-state index is -0.630. The quantitative estimate of drug-likeness (QED) is 0.219. The fourth-order valence-corrected chi connectivity index (χ4v) is 2.75. The van der Waals surface area contributed by atoms with Crippen LogP contribution in [0.15, 0.2) is 39.4 Å². The average Bonchev–Trinajstić information content (AvgIpc) is 3.04. The molecule has 1 amide bonds. The van der Waals surface area contributed by atoms with E-state index in [9.17, 15) is 14.4 Å². The van der Waals surface area contributed by atoms with Crippen LogP contribution < -0.4 is 14.8 Å². The Labute approximate surface area is 170 Å². The maximum Gasteiger partial charge on any atom is 0.331 e. The SMILES string of the molecule is COC(=O)/C=C1/S/C(=N\N=Cc2ccc(OCCOC(C)=O)c(OC)c2)NC1=O. The van der Waals surface area contributed by atoms with Gasteiger partial charge in [-0.3, -0.25) is 14.9 Å². The molecule has 0 aromatic heterocycles. The lowest BCUT2D eigenvalue weighted by atomic mass is 10.2. The molecule has 0 spiro atoms. The van der Waals surface area contributed by atoms with Gasteiger partial charge in [-0.15, -0.1) is 5.10 Å². The molecule has 1 aliphatic rings. The van der Waals surface area contributed by atoms with Crippen molar-refractivity contribution in [1.82, 2.24) is 5.32 Å². The number of esters is 2. The molecule has 11 heteroatoms. The van der Waals surface area contributed by atoms with Crippen molar-refractivity contribution in [2.45, 2.75) is 6.92 Å². The Kier molecular flexibility index (Phi) is 8.22. The maximum absolute atomic E-state index is 11.7. The van der Waals surface area contributed by atoms with Gasteiger partial charge >= 0.3 is 11.9 Å². The van der Waals surface area contributed by atoms with E-state index in [1.54, 1.807) is 18.2 Å². The molecule has 0 atom stereocenters. The Balaban J connectivity index is 1.99. The fourth-order valence-electron chi connectivity index (χ4n) is 2.01. The minimum Gasteiger partial charge on any atom is -0.493 e. The molecular weight excluding hydrogens is 402 g/mol. The van der Waals surface area contributed by atoms with Gasteiger partial charge in [0.2, 0.25) is 0 Å². The van der Waals surface area contributed by atoms with Crippen molar-refractivity contribution in [1.29, 1.82) is 0 Å². The molecule has 0 bridgehead atoms. The Morgan fingerprint density at radius 2 is 2.00 bits per heavy atom. The number of amidine groups is 1. The first-order valence-corrected chi connectivity index (χ1v) is 9.08. The second kappa shape index (κ2) is 10.9. The molecule has 0 aliphatic carbocycles. The van der Waals surface area contributed by atoms with E-state index in [-0.39, 0.29) is 29.3 Å². The zero-order valence-electron chi connectivity index (χ0n) is 16.0. The van der Waals surface area contributed by atoms with E-state index in [2.05, 4.69) is 20.3 Å². The number of amides is 1. The van der Waals surface area contributed by atoms with Gasteiger partial charge in [0.05, 0.1) is 25.3 Å². The van der Waals surface area contributed by atoms with Gasteiger partial charge < -0.3 is 18.9 Å². The number of ether oxygens (including phenoxy) is 4. The van der Waals surface area contributed by atoms with Crippen LogP contribution in [0.1, 0.15) is 12.5 Å². The first kappa shape index (κ1) is 22.0. The van der Waals surface area contributed by atoms with Gasteiger partial charge in [0, 0.05) is 13.0 Å². The maximum atomic E-state index is 11.7. The summed E-state index contributed by atoms with van der Waals surface area (Å²) < 4.78 is 20.1. The first-order valence-electron chi connectivity index (χ1n) is 8.27. The standard InChI is InChI=1S/C18H19N3O7S/c1-11(22)27-6-7-28-13-5-4-12(8-14(13)25-2)10-19-21-18-20-17(24)15(29-18)9-16(23)26-3/h4-5,8-10H,6-7H2,1-3H3,(H,20,21,24)/b15-9+,19-10?. The Hall–Kier alpha value is -3.34. The van der Waals surface area contributed by atoms with Crippen LogP contribution in [-0.4, -0.2) is 56.7 Å². The Morgan fingerprint density at radius 3 is 2.69 bits per heavy atom. The lowest BCUT2D eigenvalue weighted by molar-refractivity contribution is -0.141. The van der Waals surface area contributed by atoms with E-state index >= 15 is 0 Å². The van der Waals surface area contributed by atoms with Crippen LogP contribution in [0, 0.1) is 0 Å². The Morgan fingerprint density at radius 1 is 1.21 bits per heavy atom. The van der Waals surface area contributed by atoms with E-state index < -0.39 is 11.9 Å². The van der Waals surface area contributed by atoms with Crippen LogP contribution in [0.4, 0.5) is 0 Å². The van der Waals surface area contributed by atoms with Crippen LogP contribution in [0.25, 0.3) is 0 Å². The number of nitrogens with one attached hydrogen (secondary N) is 1. The van der Waals surface area contributed by atoms with Crippen LogP contribution in [0.3, 0.4) is 0 Å². The first-order chi connectivity index (χ1) is 13.9. The van der Waals surface area contributed by atoms with Gasteiger partial charge in [-0.05, 0) is 35.5 Å². The molecule has 1 fully saturated rings.